The predicted molar refractivity (Wildman–Crippen MR) is 153 cm³/mol. The van der Waals surface area contributed by atoms with Gasteiger partial charge in [-0.3, -0.25) is 9.79 Å². The molecule has 0 aliphatic carbocycles. The molecule has 0 saturated carbocycles. The molecule has 0 bridgehead atoms. The molecule has 0 N–H and O–H groups in total. The van der Waals surface area contributed by atoms with Gasteiger partial charge in [-0.05, 0) is 38.8 Å². The number of aliphatic imine (C=N–C) groups is 1. The van der Waals surface area contributed by atoms with Crippen LogP contribution >= 0.6 is 24.0 Å². The van der Waals surface area contributed by atoms with Crippen molar-refractivity contribution in [2.45, 2.75) is 57.4 Å². The Morgan fingerprint density at radius 1 is 1.06 bits per heavy atom. The van der Waals surface area contributed by atoms with Crippen LogP contribution in [0.4, 0.5) is 5.69 Å². The number of piperazine rings is 1. The first-order valence-corrected chi connectivity index (χ1v) is 14.8. The summed E-state index contributed by atoms with van der Waals surface area (Å²) in [5.41, 5.74) is 1.28. The number of amides is 1. The molecule has 1 aromatic rings. The first-order chi connectivity index (χ1) is 17.6. The van der Waals surface area contributed by atoms with E-state index in [2.05, 4.69) is 21.8 Å². The van der Waals surface area contributed by atoms with E-state index in [4.69, 9.17) is 21.7 Å². The van der Waals surface area contributed by atoms with Crippen LogP contribution in [0.25, 0.3) is 0 Å². The third-order valence-electron chi connectivity index (χ3n) is 7.24. The largest absolute Gasteiger partial charge is 0.493 e. The fraction of sp³-hybridized carbons (Fsp3) is 0.667. The van der Waals surface area contributed by atoms with Gasteiger partial charge in [-0.25, -0.2) is 0 Å². The number of thioether (sulfide) groups is 1. The standard InChI is InChI=1S/C27H40N4O3S2/c1-29-12-14-30(15-13-29)27(35)36-17-8-6-4-3-5-7-16-34-25-19-23-22(18-24(25)33-2)26(32)31-11-9-10-21(31)20-28-23/h18-21H,3-17H2,1-2H3/t21-/m0/s1. The first-order valence-electron chi connectivity index (χ1n) is 13.4. The number of methoxy groups -OCH3 is 1. The van der Waals surface area contributed by atoms with E-state index >= 15 is 0 Å². The lowest BCUT2D eigenvalue weighted by Gasteiger charge is -2.33. The lowest BCUT2D eigenvalue weighted by atomic mass is 10.1. The average Bonchev–Trinajstić information content (AvgIpc) is 3.32. The van der Waals surface area contributed by atoms with E-state index in [1.807, 2.05) is 28.9 Å². The lowest BCUT2D eigenvalue weighted by Crippen LogP contribution is -2.45. The molecule has 0 radical (unpaired) electrons. The summed E-state index contributed by atoms with van der Waals surface area (Å²) in [6.45, 7) is 5.76. The van der Waals surface area contributed by atoms with E-state index < -0.39 is 0 Å². The highest BCUT2D eigenvalue weighted by molar-refractivity contribution is 8.22. The molecule has 1 atom stereocenters. The van der Waals surface area contributed by atoms with Crippen LogP contribution in [0.5, 0.6) is 11.5 Å². The summed E-state index contributed by atoms with van der Waals surface area (Å²) >= 11 is 7.45. The second-order valence-electron chi connectivity index (χ2n) is 9.88. The Kier molecular flexibility index (Phi) is 10.3. The highest BCUT2D eigenvalue weighted by Gasteiger charge is 2.32. The normalized spacial score (nSPS) is 19.7. The van der Waals surface area contributed by atoms with Crippen LogP contribution < -0.4 is 9.47 Å². The van der Waals surface area contributed by atoms with Gasteiger partial charge in [0.05, 0.1) is 31.0 Å². The van der Waals surface area contributed by atoms with E-state index in [0.29, 0.717) is 29.4 Å². The quantitative estimate of drug-likeness (QED) is 0.294. The molecular formula is C27H40N4O3S2. The van der Waals surface area contributed by atoms with Gasteiger partial charge in [0, 0.05) is 50.8 Å². The van der Waals surface area contributed by atoms with Crippen LogP contribution in [0.1, 0.15) is 61.7 Å². The van der Waals surface area contributed by atoms with Gasteiger partial charge < -0.3 is 24.2 Å². The fourth-order valence-electron chi connectivity index (χ4n) is 4.95. The third kappa shape index (κ3) is 7.13. The van der Waals surface area contributed by atoms with E-state index in [9.17, 15) is 4.79 Å². The highest BCUT2D eigenvalue weighted by atomic mass is 32.2. The molecule has 3 aliphatic rings. The molecule has 0 aromatic heterocycles. The average molecular weight is 533 g/mol. The number of nitrogens with zero attached hydrogens (tertiary/aromatic N) is 4. The predicted octanol–water partition coefficient (Wildman–Crippen LogP) is 5.00. The zero-order valence-corrected chi connectivity index (χ0v) is 23.4. The Hall–Kier alpha value is -1.84. The number of carbonyl (C=O) groups is 1. The van der Waals surface area contributed by atoms with E-state index in [-0.39, 0.29) is 11.9 Å². The van der Waals surface area contributed by atoms with Crippen LogP contribution in [-0.2, 0) is 0 Å². The second kappa shape index (κ2) is 13.6. The van der Waals surface area contributed by atoms with Gasteiger partial charge in [0.15, 0.2) is 11.5 Å². The van der Waals surface area contributed by atoms with Gasteiger partial charge in [0.25, 0.3) is 5.91 Å². The van der Waals surface area contributed by atoms with Crippen LogP contribution in [-0.4, -0.2) is 96.4 Å². The summed E-state index contributed by atoms with van der Waals surface area (Å²) in [6.07, 6.45) is 11.0. The van der Waals surface area contributed by atoms with E-state index in [1.165, 1.54) is 25.7 Å². The fourth-order valence-corrected chi connectivity index (χ4v) is 6.27. The molecule has 7 nitrogen and oxygen atoms in total. The van der Waals surface area contributed by atoms with Crippen LogP contribution in [0.15, 0.2) is 17.1 Å². The zero-order chi connectivity index (χ0) is 25.3. The summed E-state index contributed by atoms with van der Waals surface area (Å²) in [6, 6.07) is 3.75. The molecule has 36 heavy (non-hydrogen) atoms. The Balaban J connectivity index is 1.11. The van der Waals surface area contributed by atoms with Crippen molar-refractivity contribution in [3.05, 3.63) is 17.7 Å². The van der Waals surface area contributed by atoms with Crippen molar-refractivity contribution in [3.63, 3.8) is 0 Å². The molecule has 3 heterocycles. The zero-order valence-electron chi connectivity index (χ0n) is 21.7. The van der Waals surface area contributed by atoms with Crippen molar-refractivity contribution in [2.24, 2.45) is 4.99 Å². The minimum absolute atomic E-state index is 0.0365. The Labute approximate surface area is 225 Å². The maximum absolute atomic E-state index is 13.0. The molecule has 3 aliphatic heterocycles. The molecule has 9 heteroatoms. The number of hydrogen-bond donors (Lipinski definition) is 0. The maximum atomic E-state index is 13.0. The number of ether oxygens (including phenoxy) is 2. The van der Waals surface area contributed by atoms with E-state index in [1.54, 1.807) is 13.2 Å². The number of rotatable bonds is 11. The smallest absolute Gasteiger partial charge is 0.256 e. The Morgan fingerprint density at radius 3 is 2.58 bits per heavy atom. The number of carbonyl (C=O) groups excluding carboxylic acids is 1. The van der Waals surface area contributed by atoms with Crippen LogP contribution in [0, 0.1) is 0 Å². The summed E-state index contributed by atoms with van der Waals surface area (Å²) in [7, 11) is 3.79. The maximum Gasteiger partial charge on any atom is 0.256 e. The van der Waals surface area contributed by atoms with Gasteiger partial charge >= 0.3 is 0 Å². The number of thiocarbonyl (C=S) groups is 1. The Bertz CT molecular complexity index is 934. The van der Waals surface area contributed by atoms with Crippen molar-refractivity contribution >= 4 is 46.1 Å². The molecular weight excluding hydrogens is 492 g/mol. The molecule has 4 rings (SSSR count). The summed E-state index contributed by atoms with van der Waals surface area (Å²) in [5.74, 6) is 2.42. The van der Waals surface area contributed by atoms with Crippen molar-refractivity contribution in [1.29, 1.82) is 0 Å². The minimum Gasteiger partial charge on any atom is -0.493 e. The van der Waals surface area contributed by atoms with Crippen LogP contribution in [0.2, 0.25) is 0 Å². The third-order valence-corrected chi connectivity index (χ3v) is 8.85. The first kappa shape index (κ1) is 27.2. The van der Waals surface area contributed by atoms with Crippen molar-refractivity contribution in [3.8, 4) is 11.5 Å². The monoisotopic (exact) mass is 532 g/mol. The lowest BCUT2D eigenvalue weighted by molar-refractivity contribution is 0.0774. The number of benzene rings is 1. The van der Waals surface area contributed by atoms with Crippen LogP contribution in [0.3, 0.4) is 0 Å². The number of likely N-dealkylation sites (N-methyl/N-ethyl adjacent to an activating group) is 1. The van der Waals surface area contributed by atoms with Crippen molar-refractivity contribution in [1.82, 2.24) is 14.7 Å². The van der Waals surface area contributed by atoms with Gasteiger partial charge in [0.2, 0.25) is 0 Å². The summed E-state index contributed by atoms with van der Waals surface area (Å²) in [5, 5.41) is 0. The summed E-state index contributed by atoms with van der Waals surface area (Å²) in [4.78, 5) is 24.2. The minimum atomic E-state index is 0.0365. The van der Waals surface area contributed by atoms with Gasteiger partial charge in [0.1, 0.15) is 4.32 Å². The van der Waals surface area contributed by atoms with Gasteiger partial charge in [-0.2, -0.15) is 0 Å². The molecule has 0 unspecified atom stereocenters. The molecule has 0 spiro atoms. The Morgan fingerprint density at radius 2 is 1.81 bits per heavy atom. The molecule has 2 saturated heterocycles. The van der Waals surface area contributed by atoms with Crippen molar-refractivity contribution in [2.75, 3.05) is 59.2 Å². The molecule has 1 aromatic carbocycles. The topological polar surface area (TPSA) is 57.6 Å². The number of hydrogen-bond acceptors (Lipinski definition) is 7. The number of unbranched alkanes of at least 4 members (excludes halogenated alkanes) is 5. The SMILES string of the molecule is COc1cc2c(cc1OCCCCCCCCSC(=S)N1CCN(C)CC1)N=C[C@@H]1CCCN1C2=O. The molecule has 198 valence electrons. The van der Waals surface area contributed by atoms with Gasteiger partial charge in [-0.15, -0.1) is 0 Å². The van der Waals surface area contributed by atoms with Gasteiger partial charge in [-0.1, -0.05) is 49.7 Å². The highest BCUT2D eigenvalue weighted by Crippen LogP contribution is 2.38. The summed E-state index contributed by atoms with van der Waals surface area (Å²) < 4.78 is 12.7. The van der Waals surface area contributed by atoms with Crippen molar-refractivity contribution < 1.29 is 14.3 Å². The van der Waals surface area contributed by atoms with E-state index in [0.717, 1.165) is 68.5 Å². The molecule has 1 amide bonds. The molecule has 2 fully saturated rings. The number of fused-ring (bicyclic) bond motifs is 2. The second-order valence-corrected chi connectivity index (χ2v) is 11.6.